The number of ether oxygens (including phenoxy) is 7. The molecule has 0 aromatic heterocycles. The molecule has 1 aliphatic carbocycles. The van der Waals surface area contributed by atoms with Gasteiger partial charge in [-0.3, -0.25) is 0 Å². The van der Waals surface area contributed by atoms with Gasteiger partial charge >= 0.3 is 18.5 Å². The quantitative estimate of drug-likeness (QED) is 0.131. The van der Waals surface area contributed by atoms with E-state index in [2.05, 4.69) is 6.58 Å². The molecule has 3 rings (SSSR count). The molecule has 0 radical (unpaired) electrons. The molecule has 2 atom stereocenters. The molecule has 0 bridgehead atoms. The summed E-state index contributed by atoms with van der Waals surface area (Å²) in [5.41, 5.74) is -0.104. The van der Waals surface area contributed by atoms with Gasteiger partial charge in [-0.25, -0.2) is 14.4 Å². The zero-order valence-electron chi connectivity index (χ0n) is 27.1. The van der Waals surface area contributed by atoms with Crippen molar-refractivity contribution in [2.75, 3.05) is 6.61 Å². The monoisotopic (exact) mass is 612 g/mol. The zero-order valence-corrected chi connectivity index (χ0v) is 27.1. The molecule has 44 heavy (non-hydrogen) atoms. The number of carbonyl (C=O) groups is 3. The van der Waals surface area contributed by atoms with Crippen LogP contribution in [0, 0.1) is 0 Å². The van der Waals surface area contributed by atoms with E-state index in [1.165, 1.54) is 6.07 Å². The fourth-order valence-corrected chi connectivity index (χ4v) is 4.52. The van der Waals surface area contributed by atoms with Gasteiger partial charge in [-0.15, -0.1) is 0 Å². The van der Waals surface area contributed by atoms with Crippen LogP contribution in [0.1, 0.15) is 84.9 Å². The third-order valence-electron chi connectivity index (χ3n) is 6.06. The lowest BCUT2D eigenvalue weighted by Gasteiger charge is -2.34. The Hall–Kier alpha value is -4.21. The van der Waals surface area contributed by atoms with Crippen molar-refractivity contribution in [1.29, 1.82) is 0 Å². The predicted octanol–water partition coefficient (Wildman–Crippen LogP) is 8.08. The first-order valence-corrected chi connectivity index (χ1v) is 14.5. The van der Waals surface area contributed by atoms with Crippen molar-refractivity contribution in [2.45, 2.75) is 104 Å². The lowest BCUT2D eigenvalue weighted by molar-refractivity contribution is -0.0338. The molecule has 0 heterocycles. The summed E-state index contributed by atoms with van der Waals surface area (Å²) in [4.78, 5) is 38.5. The normalized spacial score (nSPS) is 16.6. The van der Waals surface area contributed by atoms with Crippen molar-refractivity contribution in [3.63, 3.8) is 0 Å². The van der Waals surface area contributed by atoms with Crippen molar-refractivity contribution < 1.29 is 47.5 Å². The Kier molecular flexibility index (Phi) is 10.6. The second-order valence-corrected chi connectivity index (χ2v) is 13.5. The summed E-state index contributed by atoms with van der Waals surface area (Å²) in [7, 11) is 0. The summed E-state index contributed by atoms with van der Waals surface area (Å²) in [5.74, 6) is -0.0177. The van der Waals surface area contributed by atoms with Crippen molar-refractivity contribution in [3.05, 3.63) is 65.7 Å². The fraction of sp³-hybridized carbons (Fsp3) is 0.500. The summed E-state index contributed by atoms with van der Waals surface area (Å²) < 4.78 is 39.2. The highest BCUT2D eigenvalue weighted by Gasteiger charge is 2.38. The number of rotatable bonds is 7. The third kappa shape index (κ3) is 10.5. The third-order valence-corrected chi connectivity index (χ3v) is 6.06. The molecule has 0 saturated carbocycles. The number of carbonyl (C=O) groups excluding carboxylic acids is 3. The van der Waals surface area contributed by atoms with Crippen LogP contribution in [0.2, 0.25) is 0 Å². The van der Waals surface area contributed by atoms with Gasteiger partial charge < -0.3 is 33.2 Å². The number of hydrogen-bond acceptors (Lipinski definition) is 10. The van der Waals surface area contributed by atoms with Crippen LogP contribution in [0.25, 0.3) is 0 Å². The van der Waals surface area contributed by atoms with Gasteiger partial charge in [0.2, 0.25) is 0 Å². The molecule has 0 unspecified atom stereocenters. The topological polar surface area (TPSA) is 116 Å². The molecule has 1 aliphatic rings. The Morgan fingerprint density at radius 3 is 1.95 bits per heavy atom. The van der Waals surface area contributed by atoms with Gasteiger partial charge in [-0.05, 0) is 98.1 Å². The van der Waals surface area contributed by atoms with Gasteiger partial charge in [0, 0.05) is 17.9 Å². The number of benzene rings is 2. The standard InChI is InChI=1S/C34H44O10/c1-11-17-38-23-16-15-21-20-27(40-30(36)43-33(5,6)7)25(19-22(21)18-23)24-13-12-14-26(39-29(35)42-32(2,3)4)28(24)41-31(37)44-34(8,9)10/h11-16,18,25,27H,1,17,19-20H2,2-10H3/t25-,27+/m1/s1. The molecule has 0 fully saturated rings. The summed E-state index contributed by atoms with van der Waals surface area (Å²) in [6.07, 6.45) is -1.18. The largest absolute Gasteiger partial charge is 0.514 e. The SMILES string of the molecule is C=CCOc1ccc2c(c1)C[C@H](c1cccc(OC(=O)OC(C)(C)C)c1OC(=O)OC(C)(C)C)[C@@H](OC(=O)OC(C)(C)C)C2. The highest BCUT2D eigenvalue weighted by Crippen LogP contribution is 2.44. The lowest BCUT2D eigenvalue weighted by Crippen LogP contribution is -2.36. The minimum absolute atomic E-state index is 0.0575. The minimum Gasteiger partial charge on any atom is -0.490 e. The Morgan fingerprint density at radius 2 is 1.36 bits per heavy atom. The first-order chi connectivity index (χ1) is 20.3. The maximum Gasteiger partial charge on any atom is 0.514 e. The Labute approximate surface area is 259 Å². The number of para-hydroxylation sites is 1. The van der Waals surface area contributed by atoms with E-state index in [0.717, 1.165) is 11.1 Å². The summed E-state index contributed by atoms with van der Waals surface area (Å²) in [5, 5.41) is 0. The van der Waals surface area contributed by atoms with Crippen LogP contribution in [0.4, 0.5) is 14.4 Å². The maximum absolute atomic E-state index is 12.9. The van der Waals surface area contributed by atoms with E-state index in [4.69, 9.17) is 33.2 Å². The average molecular weight is 613 g/mol. The zero-order chi connectivity index (χ0) is 32.9. The Balaban J connectivity index is 2.11. The van der Waals surface area contributed by atoms with E-state index in [9.17, 15) is 14.4 Å². The molecule has 0 amide bonds. The van der Waals surface area contributed by atoms with E-state index >= 15 is 0 Å². The summed E-state index contributed by atoms with van der Waals surface area (Å²) in [6.45, 7) is 19.5. The molecular weight excluding hydrogens is 568 g/mol. The molecule has 10 nitrogen and oxygen atoms in total. The van der Waals surface area contributed by atoms with Gasteiger partial charge in [0.05, 0.1) is 0 Å². The molecular formula is C34H44O10. The van der Waals surface area contributed by atoms with Gasteiger partial charge in [0.1, 0.15) is 35.3 Å². The first kappa shape index (κ1) is 34.3. The average Bonchev–Trinajstić information content (AvgIpc) is 2.84. The molecule has 0 N–H and O–H groups in total. The van der Waals surface area contributed by atoms with E-state index in [1.807, 2.05) is 18.2 Å². The van der Waals surface area contributed by atoms with E-state index in [0.29, 0.717) is 30.8 Å². The van der Waals surface area contributed by atoms with Gasteiger partial charge in [-0.1, -0.05) is 30.9 Å². The Morgan fingerprint density at radius 1 is 0.773 bits per heavy atom. The van der Waals surface area contributed by atoms with Crippen LogP contribution < -0.4 is 14.2 Å². The highest BCUT2D eigenvalue weighted by molar-refractivity contribution is 5.71. The molecule has 240 valence electrons. The molecule has 10 heteroatoms. The fourth-order valence-electron chi connectivity index (χ4n) is 4.52. The van der Waals surface area contributed by atoms with Crippen molar-refractivity contribution in [2.24, 2.45) is 0 Å². The van der Waals surface area contributed by atoms with Gasteiger partial charge in [0.15, 0.2) is 11.5 Å². The van der Waals surface area contributed by atoms with Crippen LogP contribution in [0.15, 0.2) is 49.1 Å². The summed E-state index contributed by atoms with van der Waals surface area (Å²) >= 11 is 0. The number of hydrogen-bond donors (Lipinski definition) is 0. The van der Waals surface area contributed by atoms with Crippen LogP contribution in [-0.2, 0) is 31.8 Å². The highest BCUT2D eigenvalue weighted by atomic mass is 16.8. The van der Waals surface area contributed by atoms with E-state index in [1.54, 1.807) is 80.5 Å². The predicted molar refractivity (Wildman–Crippen MR) is 164 cm³/mol. The second-order valence-electron chi connectivity index (χ2n) is 13.5. The van der Waals surface area contributed by atoms with Crippen LogP contribution in [-0.4, -0.2) is 48.0 Å². The van der Waals surface area contributed by atoms with Crippen LogP contribution >= 0.6 is 0 Å². The molecule has 0 aliphatic heterocycles. The smallest absolute Gasteiger partial charge is 0.490 e. The molecule has 2 aromatic carbocycles. The molecule has 2 aromatic rings. The minimum atomic E-state index is -1.00. The molecule has 0 spiro atoms. The number of fused-ring (bicyclic) bond motifs is 1. The second kappa shape index (κ2) is 13.6. The van der Waals surface area contributed by atoms with Crippen molar-refractivity contribution in [3.8, 4) is 17.2 Å². The van der Waals surface area contributed by atoms with Crippen molar-refractivity contribution >= 4 is 18.5 Å². The van der Waals surface area contributed by atoms with E-state index < -0.39 is 47.3 Å². The van der Waals surface area contributed by atoms with Gasteiger partial charge in [-0.2, -0.15) is 0 Å². The Bertz CT molecular complexity index is 1360. The first-order valence-electron chi connectivity index (χ1n) is 14.5. The molecule has 0 saturated heterocycles. The van der Waals surface area contributed by atoms with E-state index in [-0.39, 0.29) is 11.5 Å². The van der Waals surface area contributed by atoms with Gasteiger partial charge in [0.25, 0.3) is 0 Å². The maximum atomic E-state index is 12.9. The summed E-state index contributed by atoms with van der Waals surface area (Å²) in [6, 6.07) is 10.6. The van der Waals surface area contributed by atoms with Crippen LogP contribution in [0.3, 0.4) is 0 Å². The van der Waals surface area contributed by atoms with Crippen molar-refractivity contribution in [1.82, 2.24) is 0 Å². The lowest BCUT2D eigenvalue weighted by atomic mass is 9.77. The van der Waals surface area contributed by atoms with Crippen LogP contribution in [0.5, 0.6) is 17.2 Å².